The summed E-state index contributed by atoms with van der Waals surface area (Å²) < 4.78 is 28.7. The third-order valence-electron chi connectivity index (χ3n) is 6.87. The molecule has 3 heterocycles. The van der Waals surface area contributed by atoms with Crippen LogP contribution in [-0.2, 0) is 10.0 Å². The molecule has 2 aromatic rings. The predicted octanol–water partition coefficient (Wildman–Crippen LogP) is 3.98. The van der Waals surface area contributed by atoms with Crippen molar-refractivity contribution < 1.29 is 18.3 Å². The molecule has 184 valence electrons. The summed E-state index contributed by atoms with van der Waals surface area (Å²) in [5.41, 5.74) is 0.974. The van der Waals surface area contributed by atoms with Crippen molar-refractivity contribution in [2.24, 2.45) is 5.92 Å². The molecule has 1 aromatic heterocycles. The van der Waals surface area contributed by atoms with E-state index in [0.29, 0.717) is 11.7 Å². The number of carboxylic acid groups (broad SMARTS) is 1. The molecule has 2 saturated heterocycles. The SMILES string of the molecule is Cc1cccc(S(=O)(=O)Nc2cc(C(=O)O)cnc2N2CCC(CCN3CCCCC3)CC2)c1. The van der Waals surface area contributed by atoms with E-state index in [2.05, 4.69) is 19.5 Å². The van der Waals surface area contributed by atoms with Crippen LogP contribution < -0.4 is 9.62 Å². The highest BCUT2D eigenvalue weighted by atomic mass is 32.2. The van der Waals surface area contributed by atoms with Gasteiger partial charge in [0, 0.05) is 19.3 Å². The van der Waals surface area contributed by atoms with Gasteiger partial charge < -0.3 is 14.9 Å². The van der Waals surface area contributed by atoms with E-state index >= 15 is 0 Å². The molecule has 34 heavy (non-hydrogen) atoms. The Morgan fingerprint density at radius 2 is 1.85 bits per heavy atom. The van der Waals surface area contributed by atoms with Gasteiger partial charge in [0.25, 0.3) is 10.0 Å². The Morgan fingerprint density at radius 3 is 2.53 bits per heavy atom. The van der Waals surface area contributed by atoms with Crippen LogP contribution in [-0.4, -0.2) is 62.1 Å². The lowest BCUT2D eigenvalue weighted by Gasteiger charge is -2.35. The molecule has 4 rings (SSSR count). The number of carbonyl (C=O) groups is 1. The number of carboxylic acids is 1. The van der Waals surface area contributed by atoms with Gasteiger partial charge in [0.15, 0.2) is 5.82 Å². The fraction of sp³-hybridized carbons (Fsp3) is 0.520. The number of likely N-dealkylation sites (tertiary alicyclic amines) is 1. The molecule has 9 heteroatoms. The summed E-state index contributed by atoms with van der Waals surface area (Å²) in [4.78, 5) is 20.7. The molecule has 1 aromatic carbocycles. The highest BCUT2D eigenvalue weighted by Crippen LogP contribution is 2.31. The van der Waals surface area contributed by atoms with Crippen LogP contribution in [0.2, 0.25) is 0 Å². The average molecular weight is 487 g/mol. The van der Waals surface area contributed by atoms with Crippen LogP contribution in [0.4, 0.5) is 11.5 Å². The minimum absolute atomic E-state index is 0.0536. The number of sulfonamides is 1. The number of hydrogen-bond acceptors (Lipinski definition) is 6. The molecule has 0 spiro atoms. The summed E-state index contributed by atoms with van der Waals surface area (Å²) in [6.45, 7) is 6.93. The summed E-state index contributed by atoms with van der Waals surface area (Å²) >= 11 is 0. The number of piperidine rings is 2. The van der Waals surface area contributed by atoms with Gasteiger partial charge in [0.05, 0.1) is 16.1 Å². The van der Waals surface area contributed by atoms with Crippen LogP contribution in [0.25, 0.3) is 0 Å². The number of pyridine rings is 1. The smallest absolute Gasteiger partial charge is 0.337 e. The summed E-state index contributed by atoms with van der Waals surface area (Å²) in [5, 5.41) is 9.43. The minimum Gasteiger partial charge on any atom is -0.478 e. The second kappa shape index (κ2) is 10.7. The van der Waals surface area contributed by atoms with Gasteiger partial charge in [-0.05, 0) is 88.3 Å². The number of anilines is 2. The van der Waals surface area contributed by atoms with Crippen molar-refractivity contribution in [1.29, 1.82) is 0 Å². The molecule has 0 aliphatic carbocycles. The van der Waals surface area contributed by atoms with Gasteiger partial charge in [-0.3, -0.25) is 4.72 Å². The molecule has 0 unspecified atom stereocenters. The predicted molar refractivity (Wildman–Crippen MR) is 133 cm³/mol. The highest BCUT2D eigenvalue weighted by molar-refractivity contribution is 7.92. The molecule has 0 amide bonds. The van der Waals surface area contributed by atoms with Crippen molar-refractivity contribution in [3.05, 3.63) is 47.7 Å². The van der Waals surface area contributed by atoms with Crippen LogP contribution in [0.5, 0.6) is 0 Å². The number of hydrogen-bond donors (Lipinski definition) is 2. The van der Waals surface area contributed by atoms with E-state index in [1.807, 2.05) is 13.0 Å². The second-order valence-corrected chi connectivity index (χ2v) is 11.1. The molecule has 8 nitrogen and oxygen atoms in total. The van der Waals surface area contributed by atoms with Crippen molar-refractivity contribution in [2.45, 2.75) is 50.3 Å². The lowest BCUT2D eigenvalue weighted by Crippen LogP contribution is -2.37. The first-order valence-corrected chi connectivity index (χ1v) is 13.6. The summed E-state index contributed by atoms with van der Waals surface area (Å²) in [6.07, 6.45) is 8.46. The summed E-state index contributed by atoms with van der Waals surface area (Å²) in [7, 11) is -3.89. The molecular weight excluding hydrogens is 452 g/mol. The second-order valence-electron chi connectivity index (χ2n) is 9.44. The van der Waals surface area contributed by atoms with E-state index in [0.717, 1.165) is 38.0 Å². The zero-order valence-electron chi connectivity index (χ0n) is 19.7. The molecule has 0 atom stereocenters. The van der Waals surface area contributed by atoms with Crippen molar-refractivity contribution in [2.75, 3.05) is 42.3 Å². The lowest BCUT2D eigenvalue weighted by atomic mass is 9.93. The van der Waals surface area contributed by atoms with Gasteiger partial charge in [-0.25, -0.2) is 18.2 Å². The number of aromatic carboxylic acids is 1. The third kappa shape index (κ3) is 6.07. The van der Waals surface area contributed by atoms with Crippen LogP contribution >= 0.6 is 0 Å². The minimum atomic E-state index is -3.89. The Labute approximate surface area is 202 Å². The van der Waals surface area contributed by atoms with E-state index in [1.165, 1.54) is 57.1 Å². The topological polar surface area (TPSA) is 103 Å². The molecule has 2 aliphatic rings. The highest BCUT2D eigenvalue weighted by Gasteiger charge is 2.26. The molecule has 0 saturated carbocycles. The quantitative estimate of drug-likeness (QED) is 0.582. The Kier molecular flexibility index (Phi) is 7.73. The Hall–Kier alpha value is -2.65. The first kappa shape index (κ1) is 24.5. The number of nitrogens with one attached hydrogen (secondary N) is 1. The standard InChI is InChI=1S/C25H34N4O4S/c1-19-6-5-7-22(16-19)34(32,33)27-23-17-21(25(30)31)18-26-24(23)29-14-9-20(10-15-29)8-13-28-11-3-2-4-12-28/h5-7,16-18,20,27H,2-4,8-15H2,1H3,(H,30,31). The Balaban J connectivity index is 1.47. The zero-order chi connectivity index (χ0) is 24.1. The third-order valence-corrected chi connectivity index (χ3v) is 8.24. The fourth-order valence-corrected chi connectivity index (χ4v) is 6.03. The molecular formula is C25H34N4O4S. The maximum Gasteiger partial charge on any atom is 0.337 e. The van der Waals surface area contributed by atoms with E-state index in [9.17, 15) is 18.3 Å². The zero-order valence-corrected chi connectivity index (χ0v) is 20.6. The molecule has 0 radical (unpaired) electrons. The Morgan fingerprint density at radius 1 is 1.12 bits per heavy atom. The van der Waals surface area contributed by atoms with E-state index < -0.39 is 16.0 Å². The normalized spacial score (nSPS) is 18.1. The first-order chi connectivity index (χ1) is 16.3. The number of benzene rings is 1. The van der Waals surface area contributed by atoms with Crippen LogP contribution in [0.1, 0.15) is 54.4 Å². The molecule has 2 N–H and O–H groups in total. The first-order valence-electron chi connectivity index (χ1n) is 12.1. The maximum absolute atomic E-state index is 13.0. The van der Waals surface area contributed by atoms with Gasteiger partial charge in [0.1, 0.15) is 0 Å². The maximum atomic E-state index is 13.0. The monoisotopic (exact) mass is 486 g/mol. The largest absolute Gasteiger partial charge is 0.478 e. The van der Waals surface area contributed by atoms with Crippen molar-refractivity contribution >= 4 is 27.5 Å². The number of rotatable bonds is 8. The molecule has 0 bridgehead atoms. The van der Waals surface area contributed by atoms with Crippen molar-refractivity contribution in [3.8, 4) is 0 Å². The average Bonchev–Trinajstić information content (AvgIpc) is 2.83. The Bertz CT molecular complexity index is 1110. The van der Waals surface area contributed by atoms with Crippen LogP contribution in [0, 0.1) is 12.8 Å². The molecule has 2 aliphatic heterocycles. The van der Waals surface area contributed by atoms with Gasteiger partial charge in [-0.15, -0.1) is 0 Å². The van der Waals surface area contributed by atoms with E-state index in [-0.39, 0.29) is 16.1 Å². The molecule has 2 fully saturated rings. The fourth-order valence-electron chi connectivity index (χ4n) is 4.87. The lowest BCUT2D eigenvalue weighted by molar-refractivity contribution is 0.0696. The van der Waals surface area contributed by atoms with Crippen molar-refractivity contribution in [3.63, 3.8) is 0 Å². The van der Waals surface area contributed by atoms with Gasteiger partial charge in [0.2, 0.25) is 0 Å². The van der Waals surface area contributed by atoms with Crippen LogP contribution in [0.15, 0.2) is 41.4 Å². The van der Waals surface area contributed by atoms with Gasteiger partial charge in [-0.1, -0.05) is 18.6 Å². The van der Waals surface area contributed by atoms with E-state index in [4.69, 9.17) is 0 Å². The van der Waals surface area contributed by atoms with Gasteiger partial charge in [-0.2, -0.15) is 0 Å². The van der Waals surface area contributed by atoms with E-state index in [1.54, 1.807) is 12.1 Å². The number of aromatic nitrogens is 1. The van der Waals surface area contributed by atoms with Gasteiger partial charge >= 0.3 is 5.97 Å². The number of aryl methyl sites for hydroxylation is 1. The summed E-state index contributed by atoms with van der Waals surface area (Å²) in [6, 6.07) is 7.99. The van der Waals surface area contributed by atoms with Crippen molar-refractivity contribution in [1.82, 2.24) is 9.88 Å². The van der Waals surface area contributed by atoms with Crippen LogP contribution in [0.3, 0.4) is 0 Å². The summed E-state index contributed by atoms with van der Waals surface area (Å²) in [5.74, 6) is -0.0221. The number of nitrogens with zero attached hydrogens (tertiary/aromatic N) is 3.